The Morgan fingerprint density at radius 2 is 1.75 bits per heavy atom. The number of ether oxygens (including phenoxy) is 1. The summed E-state index contributed by atoms with van der Waals surface area (Å²) in [4.78, 5) is 12.6. The van der Waals surface area contributed by atoms with Crippen molar-refractivity contribution in [1.29, 1.82) is 5.26 Å². The molecule has 1 atom stereocenters. The van der Waals surface area contributed by atoms with Gasteiger partial charge in [0.2, 0.25) is 0 Å². The average Bonchev–Trinajstić information content (AvgIpc) is 2.73. The Bertz CT molecular complexity index is 1050. The van der Waals surface area contributed by atoms with E-state index in [9.17, 15) is 10.1 Å². The number of fused-ring (bicyclic) bond motifs is 1. The van der Waals surface area contributed by atoms with Crippen LogP contribution in [0.25, 0.3) is 16.8 Å². The normalized spacial score (nSPS) is 12.2. The third-order valence-electron chi connectivity index (χ3n) is 4.53. The van der Waals surface area contributed by atoms with Gasteiger partial charge in [0.05, 0.1) is 12.6 Å². The lowest BCUT2D eigenvalue weighted by molar-refractivity contribution is -0.117. The second-order valence-corrected chi connectivity index (χ2v) is 6.41. The number of hydrogen-bond donors (Lipinski definition) is 1. The molecular formula is C24H22N2O2. The molecule has 140 valence electrons. The number of amides is 1. The van der Waals surface area contributed by atoms with Crippen LogP contribution >= 0.6 is 0 Å². The molecule has 1 amide bonds. The monoisotopic (exact) mass is 370 g/mol. The molecule has 0 radical (unpaired) electrons. The van der Waals surface area contributed by atoms with Crippen molar-refractivity contribution in [3.8, 4) is 11.8 Å². The minimum atomic E-state index is -0.392. The molecule has 3 aromatic rings. The van der Waals surface area contributed by atoms with Gasteiger partial charge in [0, 0.05) is 5.39 Å². The highest BCUT2D eigenvalue weighted by Crippen LogP contribution is 2.30. The summed E-state index contributed by atoms with van der Waals surface area (Å²) in [6.45, 7) is 4.41. The quantitative estimate of drug-likeness (QED) is 0.489. The summed E-state index contributed by atoms with van der Waals surface area (Å²) in [5.74, 6) is 0.396. The van der Waals surface area contributed by atoms with E-state index in [0.29, 0.717) is 6.61 Å². The summed E-state index contributed by atoms with van der Waals surface area (Å²) >= 11 is 0. The molecule has 0 bridgehead atoms. The van der Waals surface area contributed by atoms with Gasteiger partial charge in [-0.15, -0.1) is 0 Å². The SMILES string of the molecule is CCOc1ccc(/C=C(\C#N)C(=O)N[C@H](C)c2ccccc2)c2ccccc12. The fraction of sp³-hybridized carbons (Fsp3) is 0.167. The number of carbonyl (C=O) groups is 1. The Kier molecular flexibility index (Phi) is 6.08. The first-order valence-electron chi connectivity index (χ1n) is 9.26. The first-order chi connectivity index (χ1) is 13.6. The van der Waals surface area contributed by atoms with E-state index in [4.69, 9.17) is 4.74 Å². The summed E-state index contributed by atoms with van der Waals surface area (Å²) in [5, 5.41) is 14.3. The van der Waals surface area contributed by atoms with E-state index < -0.39 is 5.91 Å². The highest BCUT2D eigenvalue weighted by atomic mass is 16.5. The standard InChI is InChI=1S/C24H22N2O2/c1-3-28-23-14-13-19(21-11-7-8-12-22(21)23)15-20(16-25)24(27)26-17(2)18-9-5-4-6-10-18/h4-15,17H,3H2,1-2H3,(H,26,27)/b20-15+/t17-/m1/s1. The fourth-order valence-corrected chi connectivity index (χ4v) is 3.11. The number of carbonyl (C=O) groups excluding carboxylic acids is 1. The van der Waals surface area contributed by atoms with Crippen molar-refractivity contribution < 1.29 is 9.53 Å². The zero-order valence-corrected chi connectivity index (χ0v) is 16.0. The molecule has 0 aliphatic rings. The van der Waals surface area contributed by atoms with Crippen molar-refractivity contribution in [3.63, 3.8) is 0 Å². The zero-order valence-electron chi connectivity index (χ0n) is 16.0. The Balaban J connectivity index is 1.91. The molecule has 0 aromatic heterocycles. The Morgan fingerprint density at radius 3 is 2.43 bits per heavy atom. The van der Waals surface area contributed by atoms with Crippen LogP contribution in [0, 0.1) is 11.3 Å². The maximum Gasteiger partial charge on any atom is 0.262 e. The van der Waals surface area contributed by atoms with Gasteiger partial charge in [-0.2, -0.15) is 5.26 Å². The van der Waals surface area contributed by atoms with E-state index in [1.807, 2.05) is 86.6 Å². The molecule has 0 spiro atoms. The molecule has 1 N–H and O–H groups in total. The fourth-order valence-electron chi connectivity index (χ4n) is 3.11. The number of nitrogens with zero attached hydrogens (tertiary/aromatic N) is 1. The lowest BCUT2D eigenvalue weighted by Gasteiger charge is -2.14. The zero-order chi connectivity index (χ0) is 19.9. The molecule has 0 saturated carbocycles. The van der Waals surface area contributed by atoms with Crippen LogP contribution in [0.1, 0.15) is 31.0 Å². The second kappa shape index (κ2) is 8.88. The Hall–Kier alpha value is -3.58. The average molecular weight is 370 g/mol. The molecule has 4 nitrogen and oxygen atoms in total. The van der Waals surface area contributed by atoms with Gasteiger partial charge in [-0.05, 0) is 42.5 Å². The van der Waals surface area contributed by atoms with Gasteiger partial charge < -0.3 is 10.1 Å². The number of hydrogen-bond acceptors (Lipinski definition) is 3. The van der Waals surface area contributed by atoms with Gasteiger partial charge in [-0.1, -0.05) is 60.7 Å². The predicted octanol–water partition coefficient (Wildman–Crippen LogP) is 5.02. The molecule has 3 rings (SSSR count). The van der Waals surface area contributed by atoms with Crippen molar-refractivity contribution in [2.24, 2.45) is 0 Å². The summed E-state index contributed by atoms with van der Waals surface area (Å²) in [6, 6.07) is 23.0. The lowest BCUT2D eigenvalue weighted by atomic mass is 10.0. The van der Waals surface area contributed by atoms with Crippen molar-refractivity contribution in [2.45, 2.75) is 19.9 Å². The molecule has 0 unspecified atom stereocenters. The topological polar surface area (TPSA) is 62.1 Å². The van der Waals surface area contributed by atoms with E-state index in [0.717, 1.165) is 27.6 Å². The largest absolute Gasteiger partial charge is 0.493 e. The minimum absolute atomic E-state index is 0.0668. The van der Waals surface area contributed by atoms with Gasteiger partial charge in [0.15, 0.2) is 0 Å². The van der Waals surface area contributed by atoms with Crippen LogP contribution in [-0.4, -0.2) is 12.5 Å². The smallest absolute Gasteiger partial charge is 0.262 e. The summed E-state index contributed by atoms with van der Waals surface area (Å²) in [6.07, 6.45) is 1.63. The molecule has 0 heterocycles. The molecule has 0 aliphatic carbocycles. The molecule has 0 saturated heterocycles. The van der Waals surface area contributed by atoms with Gasteiger partial charge in [0.1, 0.15) is 17.4 Å². The van der Waals surface area contributed by atoms with Crippen molar-refractivity contribution in [3.05, 3.63) is 83.4 Å². The Labute approximate surface area is 165 Å². The van der Waals surface area contributed by atoms with Gasteiger partial charge in [-0.25, -0.2) is 0 Å². The van der Waals surface area contributed by atoms with Crippen LogP contribution < -0.4 is 10.1 Å². The molecule has 3 aromatic carbocycles. The summed E-state index contributed by atoms with van der Waals surface area (Å²) in [7, 11) is 0. The van der Waals surface area contributed by atoms with Crippen LogP contribution in [0.2, 0.25) is 0 Å². The van der Waals surface area contributed by atoms with Gasteiger partial charge in [-0.3, -0.25) is 4.79 Å². The van der Waals surface area contributed by atoms with Crippen LogP contribution in [0.5, 0.6) is 5.75 Å². The number of nitriles is 1. The van der Waals surface area contributed by atoms with Crippen molar-refractivity contribution >= 4 is 22.8 Å². The molecule has 4 heteroatoms. The number of nitrogens with one attached hydrogen (secondary N) is 1. The predicted molar refractivity (Wildman–Crippen MR) is 112 cm³/mol. The van der Waals surface area contributed by atoms with E-state index in [2.05, 4.69) is 5.32 Å². The number of rotatable bonds is 6. The molecule has 0 fully saturated rings. The lowest BCUT2D eigenvalue weighted by Crippen LogP contribution is -2.27. The summed E-state index contributed by atoms with van der Waals surface area (Å²) in [5.41, 5.74) is 1.86. The van der Waals surface area contributed by atoms with Crippen LogP contribution in [0.4, 0.5) is 0 Å². The van der Waals surface area contributed by atoms with Gasteiger partial charge in [0.25, 0.3) is 5.91 Å². The third-order valence-corrected chi connectivity index (χ3v) is 4.53. The third kappa shape index (κ3) is 4.21. The maximum atomic E-state index is 12.6. The molecular weight excluding hydrogens is 348 g/mol. The minimum Gasteiger partial charge on any atom is -0.493 e. The summed E-state index contributed by atoms with van der Waals surface area (Å²) < 4.78 is 5.69. The highest BCUT2D eigenvalue weighted by Gasteiger charge is 2.14. The number of benzene rings is 3. The van der Waals surface area contributed by atoms with E-state index in [-0.39, 0.29) is 11.6 Å². The first-order valence-corrected chi connectivity index (χ1v) is 9.26. The van der Waals surface area contributed by atoms with Crippen LogP contribution in [0.3, 0.4) is 0 Å². The van der Waals surface area contributed by atoms with E-state index in [1.165, 1.54) is 0 Å². The molecule has 0 aliphatic heterocycles. The van der Waals surface area contributed by atoms with E-state index >= 15 is 0 Å². The van der Waals surface area contributed by atoms with E-state index in [1.54, 1.807) is 6.08 Å². The Morgan fingerprint density at radius 1 is 1.07 bits per heavy atom. The first kappa shape index (κ1) is 19.2. The highest BCUT2D eigenvalue weighted by molar-refractivity contribution is 6.05. The van der Waals surface area contributed by atoms with Crippen molar-refractivity contribution in [2.75, 3.05) is 6.61 Å². The van der Waals surface area contributed by atoms with Crippen molar-refractivity contribution in [1.82, 2.24) is 5.32 Å². The van der Waals surface area contributed by atoms with Gasteiger partial charge >= 0.3 is 0 Å². The molecule has 28 heavy (non-hydrogen) atoms. The second-order valence-electron chi connectivity index (χ2n) is 6.41. The van der Waals surface area contributed by atoms with Crippen LogP contribution in [0.15, 0.2) is 72.3 Å². The van der Waals surface area contributed by atoms with Crippen LogP contribution in [-0.2, 0) is 4.79 Å². The maximum absolute atomic E-state index is 12.6.